The Bertz CT molecular complexity index is 400. The Morgan fingerprint density at radius 3 is 2.39 bits per heavy atom. The summed E-state index contributed by atoms with van der Waals surface area (Å²) in [5, 5.41) is 9.19. The number of aliphatic hydroxyl groups excluding tert-OH is 1. The van der Waals surface area contributed by atoms with Gasteiger partial charge in [0.05, 0.1) is 6.61 Å². The first-order valence-corrected chi connectivity index (χ1v) is 5.37. The smallest absolute Gasteiger partial charge is 0.314 e. The van der Waals surface area contributed by atoms with Crippen molar-refractivity contribution in [2.45, 2.75) is 20.3 Å². The number of aromatic nitrogens is 2. The van der Waals surface area contributed by atoms with Crippen LogP contribution in [0.25, 0.3) is 0 Å². The summed E-state index contributed by atoms with van der Waals surface area (Å²) in [5.41, 5.74) is 11.3. The van der Waals surface area contributed by atoms with Crippen molar-refractivity contribution in [3.05, 3.63) is 0 Å². The highest BCUT2D eigenvalue weighted by Gasteiger charge is 2.16. The fraction of sp³-hybridized carbons (Fsp3) is 0.600. The standard InChI is InChI=1S/C10H18N4O4/c1-5(2)4-17-7-6(11)8(14-9(12)13-7)18-10(15)16-3/h5,10,15H,4,11H2,1-3H3,(H2,12,13,14). The SMILES string of the molecule is COC(O)Oc1nc(N)nc(OCC(C)C)c1N. The van der Waals surface area contributed by atoms with Crippen LogP contribution in [-0.2, 0) is 4.74 Å². The average Bonchev–Trinajstić information content (AvgIpc) is 2.31. The van der Waals surface area contributed by atoms with Gasteiger partial charge >= 0.3 is 6.48 Å². The lowest BCUT2D eigenvalue weighted by atomic mass is 10.2. The van der Waals surface area contributed by atoms with Crippen LogP contribution in [0.1, 0.15) is 13.8 Å². The van der Waals surface area contributed by atoms with Gasteiger partial charge in [0.25, 0.3) is 5.88 Å². The Hall–Kier alpha value is -1.80. The summed E-state index contributed by atoms with van der Waals surface area (Å²) in [5.74, 6) is 0.265. The van der Waals surface area contributed by atoms with E-state index in [0.717, 1.165) is 0 Å². The van der Waals surface area contributed by atoms with Crippen molar-refractivity contribution in [2.75, 3.05) is 25.2 Å². The second kappa shape index (κ2) is 6.22. The van der Waals surface area contributed by atoms with E-state index in [1.165, 1.54) is 7.11 Å². The van der Waals surface area contributed by atoms with E-state index in [-0.39, 0.29) is 23.4 Å². The predicted octanol–water partition coefficient (Wildman–Crippen LogP) is -0.0231. The molecule has 1 atom stereocenters. The maximum Gasteiger partial charge on any atom is 0.314 e. The van der Waals surface area contributed by atoms with Gasteiger partial charge in [-0.3, -0.25) is 0 Å². The van der Waals surface area contributed by atoms with Gasteiger partial charge < -0.3 is 30.8 Å². The first kappa shape index (κ1) is 14.3. The summed E-state index contributed by atoms with van der Waals surface area (Å²) >= 11 is 0. The fourth-order valence-electron chi connectivity index (χ4n) is 1.03. The Morgan fingerprint density at radius 1 is 1.22 bits per heavy atom. The third kappa shape index (κ3) is 3.90. The molecule has 0 aliphatic rings. The van der Waals surface area contributed by atoms with Gasteiger partial charge in [0.2, 0.25) is 11.8 Å². The monoisotopic (exact) mass is 258 g/mol. The zero-order chi connectivity index (χ0) is 13.7. The molecule has 0 aliphatic heterocycles. The predicted molar refractivity (Wildman–Crippen MR) is 64.8 cm³/mol. The van der Waals surface area contributed by atoms with Crippen LogP contribution in [0.5, 0.6) is 11.8 Å². The van der Waals surface area contributed by atoms with Crippen molar-refractivity contribution < 1.29 is 19.3 Å². The molecule has 18 heavy (non-hydrogen) atoms. The Balaban J connectivity index is 2.91. The van der Waals surface area contributed by atoms with Crippen LogP contribution >= 0.6 is 0 Å². The number of hydrogen-bond donors (Lipinski definition) is 3. The first-order chi connectivity index (χ1) is 8.43. The lowest BCUT2D eigenvalue weighted by Gasteiger charge is -2.15. The van der Waals surface area contributed by atoms with Crippen LogP contribution in [0.2, 0.25) is 0 Å². The van der Waals surface area contributed by atoms with Gasteiger partial charge in [-0.15, -0.1) is 0 Å². The van der Waals surface area contributed by atoms with Crippen LogP contribution in [0, 0.1) is 5.92 Å². The third-order valence-electron chi connectivity index (χ3n) is 1.86. The molecular weight excluding hydrogens is 240 g/mol. The van der Waals surface area contributed by atoms with Gasteiger partial charge in [0.1, 0.15) is 0 Å². The molecule has 8 heteroatoms. The largest absolute Gasteiger partial charge is 0.476 e. The highest BCUT2D eigenvalue weighted by atomic mass is 16.8. The lowest BCUT2D eigenvalue weighted by Crippen LogP contribution is -2.20. The van der Waals surface area contributed by atoms with Crippen LogP contribution in [0.4, 0.5) is 11.6 Å². The van der Waals surface area contributed by atoms with Crippen LogP contribution < -0.4 is 20.9 Å². The van der Waals surface area contributed by atoms with Crippen molar-refractivity contribution in [1.82, 2.24) is 9.97 Å². The zero-order valence-corrected chi connectivity index (χ0v) is 10.6. The number of hydrogen-bond acceptors (Lipinski definition) is 8. The maximum atomic E-state index is 9.19. The Labute approximate surface area is 105 Å². The molecule has 0 aromatic carbocycles. The molecule has 0 saturated carbocycles. The molecule has 0 amide bonds. The second-order valence-corrected chi connectivity index (χ2v) is 3.97. The number of ether oxygens (including phenoxy) is 3. The summed E-state index contributed by atoms with van der Waals surface area (Å²) in [6.07, 6.45) is 0. The minimum atomic E-state index is -1.49. The summed E-state index contributed by atoms with van der Waals surface area (Å²) < 4.78 is 14.8. The van der Waals surface area contributed by atoms with Crippen molar-refractivity contribution in [3.8, 4) is 11.8 Å². The molecule has 8 nitrogen and oxygen atoms in total. The van der Waals surface area contributed by atoms with Crippen LogP contribution in [0.3, 0.4) is 0 Å². The van der Waals surface area contributed by atoms with E-state index in [4.69, 9.17) is 20.9 Å². The molecule has 1 unspecified atom stereocenters. The molecule has 1 heterocycles. The molecule has 1 aromatic heterocycles. The molecule has 0 bridgehead atoms. The van der Waals surface area contributed by atoms with Crippen LogP contribution in [0.15, 0.2) is 0 Å². The second-order valence-electron chi connectivity index (χ2n) is 3.97. The summed E-state index contributed by atoms with van der Waals surface area (Å²) in [4.78, 5) is 7.60. The van der Waals surface area contributed by atoms with E-state index in [2.05, 4.69) is 14.7 Å². The van der Waals surface area contributed by atoms with E-state index in [1.807, 2.05) is 13.8 Å². The van der Waals surface area contributed by atoms with Gasteiger partial charge in [0, 0.05) is 7.11 Å². The first-order valence-electron chi connectivity index (χ1n) is 5.37. The number of rotatable bonds is 6. The quantitative estimate of drug-likeness (QED) is 0.607. The molecule has 5 N–H and O–H groups in total. The van der Waals surface area contributed by atoms with E-state index in [0.29, 0.717) is 12.5 Å². The lowest BCUT2D eigenvalue weighted by molar-refractivity contribution is -0.201. The summed E-state index contributed by atoms with van der Waals surface area (Å²) in [7, 11) is 1.27. The number of methoxy groups -OCH3 is 1. The molecule has 0 radical (unpaired) electrons. The number of anilines is 2. The average molecular weight is 258 g/mol. The highest BCUT2D eigenvalue weighted by molar-refractivity contribution is 5.58. The number of nitrogens with zero attached hydrogens (tertiary/aromatic N) is 2. The summed E-state index contributed by atoms with van der Waals surface area (Å²) in [6, 6.07) is 0. The minimum absolute atomic E-state index is 0.0564. The topological polar surface area (TPSA) is 126 Å². The van der Waals surface area contributed by atoms with Crippen molar-refractivity contribution in [1.29, 1.82) is 0 Å². The molecule has 102 valence electrons. The van der Waals surface area contributed by atoms with Crippen molar-refractivity contribution in [3.63, 3.8) is 0 Å². The van der Waals surface area contributed by atoms with Gasteiger partial charge in [-0.1, -0.05) is 13.8 Å². The molecule has 1 aromatic rings. The van der Waals surface area contributed by atoms with Gasteiger partial charge in [-0.2, -0.15) is 9.97 Å². The third-order valence-corrected chi connectivity index (χ3v) is 1.86. The fourth-order valence-corrected chi connectivity index (χ4v) is 1.03. The Morgan fingerprint density at radius 2 is 1.83 bits per heavy atom. The zero-order valence-electron chi connectivity index (χ0n) is 10.6. The highest BCUT2D eigenvalue weighted by Crippen LogP contribution is 2.29. The maximum absolute atomic E-state index is 9.19. The molecule has 0 fully saturated rings. The number of aliphatic hydroxyl groups is 1. The van der Waals surface area contributed by atoms with E-state index >= 15 is 0 Å². The molecule has 1 rings (SSSR count). The van der Waals surface area contributed by atoms with Gasteiger partial charge in [0.15, 0.2) is 5.69 Å². The molecular formula is C10H18N4O4. The summed E-state index contributed by atoms with van der Waals surface area (Å²) in [6.45, 7) is 2.89. The van der Waals surface area contributed by atoms with E-state index in [1.54, 1.807) is 0 Å². The van der Waals surface area contributed by atoms with Crippen molar-refractivity contribution >= 4 is 11.6 Å². The van der Waals surface area contributed by atoms with Gasteiger partial charge in [-0.05, 0) is 5.92 Å². The minimum Gasteiger partial charge on any atom is -0.476 e. The molecule has 0 spiro atoms. The normalized spacial score (nSPS) is 12.5. The Kier molecular flexibility index (Phi) is 4.93. The van der Waals surface area contributed by atoms with Crippen LogP contribution in [-0.4, -0.2) is 35.3 Å². The number of nitrogens with two attached hydrogens (primary N) is 2. The molecule has 0 aliphatic carbocycles. The number of nitrogen functional groups attached to an aromatic ring is 2. The van der Waals surface area contributed by atoms with Crippen molar-refractivity contribution in [2.24, 2.45) is 5.92 Å². The molecule has 0 saturated heterocycles. The van der Waals surface area contributed by atoms with Gasteiger partial charge in [-0.25, -0.2) is 0 Å². The van der Waals surface area contributed by atoms with E-state index < -0.39 is 6.48 Å². The van der Waals surface area contributed by atoms with E-state index in [9.17, 15) is 5.11 Å².